The molecule has 7 heteroatoms. The summed E-state index contributed by atoms with van der Waals surface area (Å²) in [6.45, 7) is 2.39. The summed E-state index contributed by atoms with van der Waals surface area (Å²) in [4.78, 5) is 11.8. The number of hydrogen-bond donors (Lipinski definition) is 2. The van der Waals surface area contributed by atoms with Gasteiger partial charge < -0.3 is 19.9 Å². The van der Waals surface area contributed by atoms with Crippen LogP contribution in [0.5, 0.6) is 12.0 Å². The summed E-state index contributed by atoms with van der Waals surface area (Å²) in [7, 11) is 2.93. The largest absolute Gasteiger partial charge is 0.467 e. The molecule has 0 spiro atoms. The summed E-state index contributed by atoms with van der Waals surface area (Å²) in [5.41, 5.74) is 0. The molecule has 0 aliphatic heterocycles. The average molecular weight is 242 g/mol. The Kier molecular flexibility index (Phi) is 5.41. The second-order valence-electron chi connectivity index (χ2n) is 3.46. The van der Waals surface area contributed by atoms with Crippen molar-refractivity contribution >= 4 is 5.95 Å². The van der Waals surface area contributed by atoms with E-state index in [9.17, 15) is 5.11 Å². The van der Waals surface area contributed by atoms with Crippen molar-refractivity contribution in [3.8, 4) is 12.0 Å². The smallest absolute Gasteiger partial charge is 0.324 e. The molecule has 0 aliphatic rings. The summed E-state index contributed by atoms with van der Waals surface area (Å²) in [6.07, 6.45) is 1.23. The number of hydrogen-bond acceptors (Lipinski definition) is 7. The van der Waals surface area contributed by atoms with Gasteiger partial charge in [-0.2, -0.15) is 9.97 Å². The van der Waals surface area contributed by atoms with E-state index in [2.05, 4.69) is 20.3 Å². The fraction of sp³-hybridized carbons (Fsp3) is 0.700. The number of nitrogens with one attached hydrogen (secondary N) is 1. The van der Waals surface area contributed by atoms with Gasteiger partial charge in [-0.05, 0) is 6.42 Å². The minimum atomic E-state index is -0.422. The fourth-order valence-corrected chi connectivity index (χ4v) is 1.24. The Morgan fingerprint density at radius 1 is 1.18 bits per heavy atom. The molecule has 0 bridgehead atoms. The normalized spacial score (nSPS) is 12.0. The van der Waals surface area contributed by atoms with Gasteiger partial charge >= 0.3 is 12.0 Å². The van der Waals surface area contributed by atoms with Gasteiger partial charge in [0.25, 0.3) is 0 Å². The van der Waals surface area contributed by atoms with Crippen molar-refractivity contribution in [2.75, 3.05) is 26.1 Å². The molecule has 0 amide bonds. The SMILES string of the molecule is CCCC(O)CNc1nc(OC)nc(OC)n1. The molecular weight excluding hydrogens is 224 g/mol. The molecule has 1 aromatic rings. The van der Waals surface area contributed by atoms with E-state index in [4.69, 9.17) is 9.47 Å². The van der Waals surface area contributed by atoms with Crippen LogP contribution in [-0.2, 0) is 0 Å². The third kappa shape index (κ3) is 4.39. The maximum atomic E-state index is 9.57. The molecule has 1 rings (SSSR count). The van der Waals surface area contributed by atoms with Gasteiger partial charge in [-0.15, -0.1) is 4.98 Å². The van der Waals surface area contributed by atoms with Crippen molar-refractivity contribution in [1.29, 1.82) is 0 Å². The van der Waals surface area contributed by atoms with Crippen molar-refractivity contribution in [3.63, 3.8) is 0 Å². The highest BCUT2D eigenvalue weighted by atomic mass is 16.5. The lowest BCUT2D eigenvalue weighted by atomic mass is 10.2. The second-order valence-corrected chi connectivity index (χ2v) is 3.46. The minimum absolute atomic E-state index is 0.171. The molecular formula is C10H18N4O3. The van der Waals surface area contributed by atoms with E-state index in [0.29, 0.717) is 12.5 Å². The Labute approximate surface area is 100 Å². The van der Waals surface area contributed by atoms with Crippen LogP contribution in [0.25, 0.3) is 0 Å². The standard InChI is InChI=1S/C10H18N4O3/c1-4-5-7(15)6-11-8-12-9(16-2)14-10(13-8)17-3/h7,15H,4-6H2,1-3H3,(H,11,12,13,14). The summed E-state index contributed by atoms with van der Waals surface area (Å²) < 4.78 is 9.81. The van der Waals surface area contributed by atoms with Crippen LogP contribution in [-0.4, -0.2) is 46.9 Å². The number of aromatic nitrogens is 3. The first-order chi connectivity index (χ1) is 8.19. The quantitative estimate of drug-likeness (QED) is 0.718. The second kappa shape index (κ2) is 6.85. The van der Waals surface area contributed by atoms with E-state index < -0.39 is 6.10 Å². The van der Waals surface area contributed by atoms with Crippen LogP contribution >= 0.6 is 0 Å². The van der Waals surface area contributed by atoms with Gasteiger partial charge in [0.2, 0.25) is 5.95 Å². The molecule has 0 aliphatic carbocycles. The zero-order chi connectivity index (χ0) is 12.7. The molecule has 0 aromatic carbocycles. The van der Waals surface area contributed by atoms with Crippen LogP contribution in [0, 0.1) is 0 Å². The summed E-state index contributed by atoms with van der Waals surface area (Å²) in [5.74, 6) is 0.323. The van der Waals surface area contributed by atoms with Gasteiger partial charge in [0.15, 0.2) is 0 Å². The van der Waals surface area contributed by atoms with Crippen molar-refractivity contribution < 1.29 is 14.6 Å². The lowest BCUT2D eigenvalue weighted by Crippen LogP contribution is -2.20. The van der Waals surface area contributed by atoms with E-state index in [1.807, 2.05) is 6.92 Å². The molecule has 0 radical (unpaired) electrons. The maximum absolute atomic E-state index is 9.57. The Balaban J connectivity index is 2.63. The number of methoxy groups -OCH3 is 2. The van der Waals surface area contributed by atoms with Crippen LogP contribution in [0.15, 0.2) is 0 Å². The van der Waals surface area contributed by atoms with E-state index in [-0.39, 0.29) is 12.0 Å². The molecule has 1 heterocycles. The van der Waals surface area contributed by atoms with Crippen LogP contribution in [0.2, 0.25) is 0 Å². The molecule has 0 saturated carbocycles. The monoisotopic (exact) mass is 242 g/mol. The zero-order valence-corrected chi connectivity index (χ0v) is 10.3. The Bertz CT molecular complexity index is 326. The maximum Gasteiger partial charge on any atom is 0.324 e. The summed E-state index contributed by atoms with van der Waals surface area (Å²) >= 11 is 0. The van der Waals surface area contributed by atoms with E-state index in [0.717, 1.165) is 12.8 Å². The van der Waals surface area contributed by atoms with Gasteiger partial charge in [0.1, 0.15) is 0 Å². The molecule has 96 valence electrons. The highest BCUT2D eigenvalue weighted by molar-refractivity contribution is 5.27. The van der Waals surface area contributed by atoms with Crippen molar-refractivity contribution in [1.82, 2.24) is 15.0 Å². The van der Waals surface area contributed by atoms with E-state index in [1.54, 1.807) is 0 Å². The number of anilines is 1. The van der Waals surface area contributed by atoms with E-state index in [1.165, 1.54) is 14.2 Å². The molecule has 1 unspecified atom stereocenters. The molecule has 7 nitrogen and oxygen atoms in total. The van der Waals surface area contributed by atoms with Gasteiger partial charge in [0.05, 0.1) is 20.3 Å². The van der Waals surface area contributed by atoms with Crippen LogP contribution in [0.4, 0.5) is 5.95 Å². The van der Waals surface area contributed by atoms with Crippen LogP contribution in [0.3, 0.4) is 0 Å². The topological polar surface area (TPSA) is 89.4 Å². The number of nitrogens with zero attached hydrogens (tertiary/aromatic N) is 3. The van der Waals surface area contributed by atoms with Crippen molar-refractivity contribution in [2.24, 2.45) is 0 Å². The molecule has 0 fully saturated rings. The Hall–Kier alpha value is -1.63. The number of rotatable bonds is 7. The number of aliphatic hydroxyl groups is 1. The molecule has 1 atom stereocenters. The summed E-state index contributed by atoms with van der Waals surface area (Å²) in [5, 5.41) is 12.5. The highest BCUT2D eigenvalue weighted by Crippen LogP contribution is 2.12. The first-order valence-corrected chi connectivity index (χ1v) is 5.45. The average Bonchev–Trinajstić information content (AvgIpc) is 2.36. The predicted octanol–water partition coefficient (Wildman–Crippen LogP) is 0.462. The third-order valence-electron chi connectivity index (χ3n) is 2.08. The van der Waals surface area contributed by atoms with Crippen LogP contribution < -0.4 is 14.8 Å². The van der Waals surface area contributed by atoms with Crippen molar-refractivity contribution in [3.05, 3.63) is 0 Å². The zero-order valence-electron chi connectivity index (χ0n) is 10.3. The molecule has 17 heavy (non-hydrogen) atoms. The van der Waals surface area contributed by atoms with Crippen molar-refractivity contribution in [2.45, 2.75) is 25.9 Å². The van der Waals surface area contributed by atoms with Gasteiger partial charge in [-0.3, -0.25) is 0 Å². The minimum Gasteiger partial charge on any atom is -0.467 e. The lowest BCUT2D eigenvalue weighted by Gasteiger charge is -2.11. The number of aliphatic hydroxyl groups excluding tert-OH is 1. The van der Waals surface area contributed by atoms with E-state index >= 15 is 0 Å². The Morgan fingerprint density at radius 2 is 1.76 bits per heavy atom. The third-order valence-corrected chi connectivity index (χ3v) is 2.08. The van der Waals surface area contributed by atoms with Gasteiger partial charge in [-0.25, -0.2) is 0 Å². The Morgan fingerprint density at radius 3 is 2.24 bits per heavy atom. The molecule has 2 N–H and O–H groups in total. The first kappa shape index (κ1) is 13.4. The molecule has 1 aromatic heterocycles. The lowest BCUT2D eigenvalue weighted by molar-refractivity contribution is 0.176. The first-order valence-electron chi connectivity index (χ1n) is 5.45. The summed E-state index contributed by atoms with van der Waals surface area (Å²) in [6, 6.07) is 0.341. The van der Waals surface area contributed by atoms with Gasteiger partial charge in [0, 0.05) is 6.54 Å². The number of ether oxygens (including phenoxy) is 2. The molecule has 0 saturated heterocycles. The fourth-order valence-electron chi connectivity index (χ4n) is 1.24. The predicted molar refractivity (Wildman–Crippen MR) is 62.3 cm³/mol. The van der Waals surface area contributed by atoms with Gasteiger partial charge in [-0.1, -0.05) is 13.3 Å². The highest BCUT2D eigenvalue weighted by Gasteiger charge is 2.08. The van der Waals surface area contributed by atoms with Crippen LogP contribution in [0.1, 0.15) is 19.8 Å².